The average Bonchev–Trinajstić information content (AvgIpc) is 3.10. The molecule has 0 N–H and O–H groups in total. The SMILES string of the molecule is O=C1CCCC[C@@H]2[C@H](CCN2CCc2ccccc2)N1Cc1ccccc1. The number of hydrogen-bond donors (Lipinski definition) is 0. The fourth-order valence-electron chi connectivity index (χ4n) is 4.78. The van der Waals surface area contributed by atoms with E-state index in [4.69, 9.17) is 0 Å². The molecule has 2 aromatic rings. The van der Waals surface area contributed by atoms with Crippen LogP contribution in [-0.2, 0) is 17.8 Å². The zero-order valence-electron chi connectivity index (χ0n) is 16.1. The molecule has 2 aliphatic heterocycles. The molecule has 0 saturated carbocycles. The Bertz CT molecular complexity index is 731. The van der Waals surface area contributed by atoms with Crippen LogP contribution in [0.2, 0.25) is 0 Å². The lowest BCUT2D eigenvalue weighted by Gasteiger charge is -2.37. The van der Waals surface area contributed by atoms with E-state index in [1.54, 1.807) is 0 Å². The average molecular weight is 363 g/mol. The Kier molecular flexibility index (Phi) is 5.88. The van der Waals surface area contributed by atoms with Gasteiger partial charge in [-0.3, -0.25) is 9.69 Å². The molecular weight excluding hydrogens is 332 g/mol. The van der Waals surface area contributed by atoms with Crippen LogP contribution in [0.1, 0.15) is 43.2 Å². The van der Waals surface area contributed by atoms with Gasteiger partial charge in [-0.15, -0.1) is 0 Å². The maximum atomic E-state index is 12.9. The molecule has 142 valence electrons. The Hall–Kier alpha value is -2.13. The Labute approximate surface area is 163 Å². The van der Waals surface area contributed by atoms with Crippen LogP contribution >= 0.6 is 0 Å². The minimum absolute atomic E-state index is 0.346. The Morgan fingerprint density at radius 2 is 1.52 bits per heavy atom. The zero-order chi connectivity index (χ0) is 18.5. The molecule has 2 aromatic carbocycles. The molecule has 0 spiro atoms. The summed E-state index contributed by atoms with van der Waals surface area (Å²) >= 11 is 0. The minimum atomic E-state index is 0.346. The normalized spacial score (nSPS) is 23.7. The van der Waals surface area contributed by atoms with Crippen LogP contribution in [-0.4, -0.2) is 40.9 Å². The number of amides is 1. The van der Waals surface area contributed by atoms with Gasteiger partial charge in [0.1, 0.15) is 0 Å². The second-order valence-corrected chi connectivity index (χ2v) is 7.95. The lowest BCUT2D eigenvalue weighted by molar-refractivity contribution is -0.135. The van der Waals surface area contributed by atoms with Crippen LogP contribution in [0.25, 0.3) is 0 Å². The van der Waals surface area contributed by atoms with Crippen molar-refractivity contribution in [2.24, 2.45) is 0 Å². The summed E-state index contributed by atoms with van der Waals surface area (Å²) in [5.74, 6) is 0.346. The van der Waals surface area contributed by atoms with Crippen molar-refractivity contribution in [3.63, 3.8) is 0 Å². The molecule has 0 bridgehead atoms. The van der Waals surface area contributed by atoms with Crippen LogP contribution in [0.4, 0.5) is 0 Å². The van der Waals surface area contributed by atoms with Crippen molar-refractivity contribution in [2.75, 3.05) is 13.1 Å². The van der Waals surface area contributed by atoms with E-state index in [1.807, 2.05) is 6.07 Å². The second kappa shape index (κ2) is 8.71. The van der Waals surface area contributed by atoms with Crippen LogP contribution in [0.5, 0.6) is 0 Å². The van der Waals surface area contributed by atoms with E-state index in [2.05, 4.69) is 64.4 Å². The van der Waals surface area contributed by atoms with E-state index in [0.717, 1.165) is 38.9 Å². The first-order valence-corrected chi connectivity index (χ1v) is 10.4. The third kappa shape index (κ3) is 4.41. The van der Waals surface area contributed by atoms with Gasteiger partial charge >= 0.3 is 0 Å². The van der Waals surface area contributed by atoms with Gasteiger partial charge in [-0.1, -0.05) is 67.1 Å². The minimum Gasteiger partial charge on any atom is -0.334 e. The lowest BCUT2D eigenvalue weighted by Crippen LogP contribution is -2.48. The molecule has 2 saturated heterocycles. The Morgan fingerprint density at radius 3 is 2.26 bits per heavy atom. The molecule has 2 fully saturated rings. The van der Waals surface area contributed by atoms with E-state index in [-0.39, 0.29) is 0 Å². The van der Waals surface area contributed by atoms with E-state index in [9.17, 15) is 4.79 Å². The first-order chi connectivity index (χ1) is 13.3. The van der Waals surface area contributed by atoms with E-state index >= 15 is 0 Å². The summed E-state index contributed by atoms with van der Waals surface area (Å²) in [4.78, 5) is 17.8. The molecule has 2 aliphatic rings. The molecule has 0 radical (unpaired) electrons. The van der Waals surface area contributed by atoms with Crippen molar-refractivity contribution in [1.82, 2.24) is 9.80 Å². The predicted octanol–water partition coefficient (Wildman–Crippen LogP) is 4.27. The number of likely N-dealkylation sites (tertiary alicyclic amines) is 2. The fourth-order valence-corrected chi connectivity index (χ4v) is 4.78. The van der Waals surface area contributed by atoms with Gasteiger partial charge in [0.05, 0.1) is 0 Å². The lowest BCUT2D eigenvalue weighted by atomic mass is 9.96. The van der Waals surface area contributed by atoms with E-state index in [1.165, 1.54) is 24.0 Å². The van der Waals surface area contributed by atoms with E-state index in [0.29, 0.717) is 24.4 Å². The highest BCUT2D eigenvalue weighted by atomic mass is 16.2. The number of carbonyl (C=O) groups is 1. The monoisotopic (exact) mass is 362 g/mol. The van der Waals surface area contributed by atoms with Gasteiger partial charge in [-0.2, -0.15) is 0 Å². The van der Waals surface area contributed by atoms with Crippen molar-refractivity contribution < 1.29 is 4.79 Å². The van der Waals surface area contributed by atoms with Gasteiger partial charge in [0.15, 0.2) is 0 Å². The number of nitrogens with zero attached hydrogens (tertiary/aromatic N) is 2. The highest BCUT2D eigenvalue weighted by Gasteiger charge is 2.39. The van der Waals surface area contributed by atoms with Crippen LogP contribution in [0.3, 0.4) is 0 Å². The molecule has 2 heterocycles. The zero-order valence-corrected chi connectivity index (χ0v) is 16.1. The second-order valence-electron chi connectivity index (χ2n) is 7.95. The van der Waals surface area contributed by atoms with Gasteiger partial charge in [0.2, 0.25) is 5.91 Å². The van der Waals surface area contributed by atoms with Gasteiger partial charge < -0.3 is 4.90 Å². The standard InChI is InChI=1S/C24H30N2O/c27-24-14-8-7-13-22-23(26(24)19-21-11-5-2-6-12-21)16-18-25(22)17-15-20-9-3-1-4-10-20/h1-6,9-12,22-23H,7-8,13-19H2/t22-,23+/m1/s1. The highest BCUT2D eigenvalue weighted by molar-refractivity contribution is 5.76. The Balaban J connectivity index is 1.47. The summed E-state index contributed by atoms with van der Waals surface area (Å²) < 4.78 is 0. The summed E-state index contributed by atoms with van der Waals surface area (Å²) in [7, 11) is 0. The number of hydrogen-bond acceptors (Lipinski definition) is 2. The van der Waals surface area contributed by atoms with Crippen molar-refractivity contribution >= 4 is 5.91 Å². The maximum Gasteiger partial charge on any atom is 0.223 e. The van der Waals surface area contributed by atoms with Crippen LogP contribution in [0, 0.1) is 0 Å². The van der Waals surface area contributed by atoms with Gasteiger partial charge in [0, 0.05) is 38.1 Å². The molecular formula is C24H30N2O. The van der Waals surface area contributed by atoms with Crippen LogP contribution in [0.15, 0.2) is 60.7 Å². The number of rotatable bonds is 5. The summed E-state index contributed by atoms with van der Waals surface area (Å²) in [5, 5.41) is 0. The van der Waals surface area contributed by atoms with Gasteiger partial charge in [-0.05, 0) is 36.8 Å². The highest BCUT2D eigenvalue weighted by Crippen LogP contribution is 2.31. The van der Waals surface area contributed by atoms with Gasteiger partial charge in [-0.25, -0.2) is 0 Å². The largest absolute Gasteiger partial charge is 0.334 e. The number of benzene rings is 2. The molecule has 1 amide bonds. The molecule has 3 nitrogen and oxygen atoms in total. The molecule has 4 rings (SSSR count). The first-order valence-electron chi connectivity index (χ1n) is 10.4. The molecule has 2 atom stereocenters. The number of carbonyl (C=O) groups excluding carboxylic acids is 1. The Morgan fingerprint density at radius 1 is 0.815 bits per heavy atom. The summed E-state index contributed by atoms with van der Waals surface area (Å²) in [6, 6.07) is 22.1. The predicted molar refractivity (Wildman–Crippen MR) is 109 cm³/mol. The molecule has 0 aromatic heterocycles. The van der Waals surface area contributed by atoms with Crippen molar-refractivity contribution in [3.8, 4) is 0 Å². The smallest absolute Gasteiger partial charge is 0.223 e. The first kappa shape index (κ1) is 18.2. The molecule has 0 aliphatic carbocycles. The van der Waals surface area contributed by atoms with Crippen molar-refractivity contribution in [3.05, 3.63) is 71.8 Å². The molecule has 27 heavy (non-hydrogen) atoms. The maximum absolute atomic E-state index is 12.9. The van der Waals surface area contributed by atoms with E-state index < -0.39 is 0 Å². The molecule has 0 unspecified atom stereocenters. The summed E-state index contributed by atoms with van der Waals surface area (Å²) in [6.45, 7) is 2.96. The van der Waals surface area contributed by atoms with Gasteiger partial charge in [0.25, 0.3) is 0 Å². The van der Waals surface area contributed by atoms with Crippen molar-refractivity contribution in [2.45, 2.75) is 57.2 Å². The molecule has 3 heteroatoms. The third-order valence-electron chi connectivity index (χ3n) is 6.21. The fraction of sp³-hybridized carbons (Fsp3) is 0.458. The third-order valence-corrected chi connectivity index (χ3v) is 6.21. The summed E-state index contributed by atoms with van der Waals surface area (Å²) in [5.41, 5.74) is 2.65. The topological polar surface area (TPSA) is 23.6 Å². The van der Waals surface area contributed by atoms with Crippen molar-refractivity contribution in [1.29, 1.82) is 0 Å². The number of fused-ring (bicyclic) bond motifs is 1. The van der Waals surface area contributed by atoms with Crippen LogP contribution < -0.4 is 0 Å². The quantitative estimate of drug-likeness (QED) is 0.793. The summed E-state index contributed by atoms with van der Waals surface area (Å²) in [6.07, 6.45) is 6.33.